The average molecular weight is 507 g/mol. The quantitative estimate of drug-likeness (QED) is 0.109. The van der Waals surface area contributed by atoms with Gasteiger partial charge in [-0.1, -0.05) is 78.9 Å². The maximum Gasteiger partial charge on any atom is 0.344 e. The van der Waals surface area contributed by atoms with Gasteiger partial charge in [-0.15, -0.1) is 0 Å². The molecule has 5 aromatic rings. The average Bonchev–Trinajstić information content (AvgIpc) is 2.94. The Morgan fingerprint density at radius 2 is 1.39 bits per heavy atom. The van der Waals surface area contributed by atoms with Gasteiger partial charge in [0.1, 0.15) is 17.9 Å². The molecule has 0 aliphatic heterocycles. The summed E-state index contributed by atoms with van der Waals surface area (Å²) in [6.07, 6.45) is 0.180. The topological polar surface area (TPSA) is 82.8 Å². The fraction of sp³-hybridized carbons (Fsp3) is 0.156. The molecule has 0 N–H and O–H groups in total. The van der Waals surface area contributed by atoms with Gasteiger partial charge in [0.15, 0.2) is 0 Å². The van der Waals surface area contributed by atoms with Crippen LogP contribution in [0, 0.1) is 12.8 Å². The maximum atomic E-state index is 13.4. The standard InChI is InChI=1S/C32H26O6/c1-21-28(17-16-26-25-14-8-9-15-27(25)32(35)38-30(21)26)37-31(34)24(18-22-10-4-2-5-11-22)19-29(33)36-20-23-12-6-3-7-13-23/h2-17,24H,18-20H2,1H3. The van der Waals surface area contributed by atoms with Crippen LogP contribution >= 0.6 is 0 Å². The molecule has 0 aliphatic rings. The van der Waals surface area contributed by atoms with Crippen LogP contribution in [0.5, 0.6) is 5.75 Å². The molecular weight excluding hydrogens is 480 g/mol. The molecule has 1 aromatic heterocycles. The summed E-state index contributed by atoms with van der Waals surface area (Å²) in [5, 5.41) is 2.01. The van der Waals surface area contributed by atoms with Gasteiger partial charge in [0.2, 0.25) is 0 Å². The van der Waals surface area contributed by atoms with Crippen molar-refractivity contribution in [3.63, 3.8) is 0 Å². The van der Waals surface area contributed by atoms with Gasteiger partial charge < -0.3 is 13.9 Å². The number of rotatable bonds is 8. The van der Waals surface area contributed by atoms with E-state index in [1.807, 2.05) is 72.8 Å². The molecule has 6 heteroatoms. The summed E-state index contributed by atoms with van der Waals surface area (Å²) in [6, 6.07) is 29.5. The van der Waals surface area contributed by atoms with Gasteiger partial charge in [0.25, 0.3) is 0 Å². The Kier molecular flexibility index (Phi) is 7.31. The predicted molar refractivity (Wildman–Crippen MR) is 145 cm³/mol. The van der Waals surface area contributed by atoms with Gasteiger partial charge in [-0.25, -0.2) is 4.79 Å². The van der Waals surface area contributed by atoms with Crippen molar-refractivity contribution < 1.29 is 23.5 Å². The molecule has 1 atom stereocenters. The van der Waals surface area contributed by atoms with Crippen molar-refractivity contribution in [1.29, 1.82) is 0 Å². The maximum absolute atomic E-state index is 13.4. The normalized spacial score (nSPS) is 11.8. The highest BCUT2D eigenvalue weighted by atomic mass is 16.5. The van der Waals surface area contributed by atoms with E-state index in [9.17, 15) is 14.4 Å². The Morgan fingerprint density at radius 1 is 0.763 bits per heavy atom. The minimum atomic E-state index is -0.764. The minimum Gasteiger partial charge on any atom is -0.461 e. The summed E-state index contributed by atoms with van der Waals surface area (Å²) in [5.41, 5.74) is 2.20. The molecule has 4 aromatic carbocycles. The van der Waals surface area contributed by atoms with Crippen molar-refractivity contribution in [2.45, 2.75) is 26.4 Å². The van der Waals surface area contributed by atoms with E-state index in [2.05, 4.69) is 0 Å². The van der Waals surface area contributed by atoms with Crippen LogP contribution in [0.15, 0.2) is 106 Å². The van der Waals surface area contributed by atoms with E-state index in [1.165, 1.54) is 0 Å². The van der Waals surface area contributed by atoms with E-state index >= 15 is 0 Å². The molecule has 0 saturated heterocycles. The second-order valence-electron chi connectivity index (χ2n) is 9.16. The number of aryl methyl sites for hydroxylation is 1. The number of hydrogen-bond donors (Lipinski definition) is 0. The Morgan fingerprint density at radius 3 is 2.11 bits per heavy atom. The first kappa shape index (κ1) is 25.0. The van der Waals surface area contributed by atoms with Gasteiger partial charge in [0, 0.05) is 10.9 Å². The fourth-order valence-corrected chi connectivity index (χ4v) is 4.50. The highest BCUT2D eigenvalue weighted by Gasteiger charge is 2.26. The SMILES string of the molecule is Cc1c(OC(=O)C(CC(=O)OCc2ccccc2)Cc2ccccc2)ccc2c1oc(=O)c1ccccc12. The first-order chi connectivity index (χ1) is 18.5. The molecule has 0 saturated carbocycles. The zero-order valence-electron chi connectivity index (χ0n) is 20.9. The van der Waals surface area contributed by atoms with Crippen molar-refractivity contribution in [3.05, 3.63) is 124 Å². The Bertz CT molecular complexity index is 1650. The van der Waals surface area contributed by atoms with Crippen LogP contribution in [0.3, 0.4) is 0 Å². The lowest BCUT2D eigenvalue weighted by atomic mass is 9.96. The second kappa shape index (κ2) is 11.1. The van der Waals surface area contributed by atoms with Gasteiger partial charge in [-0.2, -0.15) is 0 Å². The smallest absolute Gasteiger partial charge is 0.344 e. The van der Waals surface area contributed by atoms with E-state index < -0.39 is 23.5 Å². The van der Waals surface area contributed by atoms with Crippen LogP contribution < -0.4 is 10.4 Å². The van der Waals surface area contributed by atoms with Crippen LogP contribution in [-0.4, -0.2) is 11.9 Å². The van der Waals surface area contributed by atoms with Crippen LogP contribution in [0.4, 0.5) is 0 Å². The van der Waals surface area contributed by atoms with Crippen molar-refractivity contribution in [2.24, 2.45) is 5.92 Å². The molecule has 6 nitrogen and oxygen atoms in total. The number of ether oxygens (including phenoxy) is 2. The Labute approximate surface area is 219 Å². The highest BCUT2D eigenvalue weighted by Crippen LogP contribution is 2.31. The van der Waals surface area contributed by atoms with Crippen LogP contribution in [0.2, 0.25) is 0 Å². The summed E-state index contributed by atoms with van der Waals surface area (Å²) < 4.78 is 16.8. The predicted octanol–water partition coefficient (Wildman–Crippen LogP) is 6.15. The monoisotopic (exact) mass is 506 g/mol. The van der Waals surface area contributed by atoms with Crippen LogP contribution in [-0.2, 0) is 27.4 Å². The summed E-state index contributed by atoms with van der Waals surface area (Å²) in [6.45, 7) is 1.87. The molecule has 0 fully saturated rings. The number of hydrogen-bond acceptors (Lipinski definition) is 6. The third-order valence-electron chi connectivity index (χ3n) is 6.51. The lowest BCUT2D eigenvalue weighted by molar-refractivity contribution is -0.151. The number of fused-ring (bicyclic) bond motifs is 3. The lowest BCUT2D eigenvalue weighted by Crippen LogP contribution is -2.26. The molecule has 0 radical (unpaired) electrons. The zero-order valence-corrected chi connectivity index (χ0v) is 20.9. The number of benzene rings is 4. The Hall–Kier alpha value is -4.71. The molecule has 1 heterocycles. The second-order valence-corrected chi connectivity index (χ2v) is 9.16. The van der Waals surface area contributed by atoms with Crippen molar-refractivity contribution >= 4 is 33.7 Å². The van der Waals surface area contributed by atoms with E-state index in [0.29, 0.717) is 23.0 Å². The number of carbonyl (C=O) groups excluding carboxylic acids is 2. The summed E-state index contributed by atoms with van der Waals surface area (Å²) >= 11 is 0. The Balaban J connectivity index is 1.39. The third-order valence-corrected chi connectivity index (χ3v) is 6.51. The zero-order chi connectivity index (χ0) is 26.5. The summed E-state index contributed by atoms with van der Waals surface area (Å²) in [7, 11) is 0. The summed E-state index contributed by atoms with van der Waals surface area (Å²) in [5.74, 6) is -1.54. The third kappa shape index (κ3) is 5.49. The van der Waals surface area contributed by atoms with Gasteiger partial charge >= 0.3 is 17.6 Å². The summed E-state index contributed by atoms with van der Waals surface area (Å²) in [4.78, 5) is 38.6. The number of carbonyl (C=O) groups is 2. The van der Waals surface area contributed by atoms with E-state index in [0.717, 1.165) is 21.9 Å². The van der Waals surface area contributed by atoms with E-state index in [1.54, 1.807) is 31.2 Å². The van der Waals surface area contributed by atoms with Gasteiger partial charge in [0.05, 0.1) is 17.7 Å². The van der Waals surface area contributed by atoms with Crippen LogP contribution in [0.1, 0.15) is 23.1 Å². The fourth-order valence-electron chi connectivity index (χ4n) is 4.50. The molecule has 1 unspecified atom stereocenters. The molecule has 5 rings (SSSR count). The molecule has 0 amide bonds. The van der Waals surface area contributed by atoms with Gasteiger partial charge in [-0.05, 0) is 48.1 Å². The highest BCUT2D eigenvalue weighted by molar-refractivity contribution is 6.05. The lowest BCUT2D eigenvalue weighted by Gasteiger charge is -2.17. The largest absolute Gasteiger partial charge is 0.461 e. The van der Waals surface area contributed by atoms with E-state index in [-0.39, 0.29) is 18.8 Å². The van der Waals surface area contributed by atoms with Crippen molar-refractivity contribution in [2.75, 3.05) is 0 Å². The molecule has 0 bridgehead atoms. The first-order valence-electron chi connectivity index (χ1n) is 12.4. The van der Waals surface area contributed by atoms with E-state index in [4.69, 9.17) is 13.9 Å². The van der Waals surface area contributed by atoms with Gasteiger partial charge in [-0.3, -0.25) is 9.59 Å². The van der Waals surface area contributed by atoms with Crippen LogP contribution in [0.25, 0.3) is 21.7 Å². The molecular formula is C32H26O6. The first-order valence-corrected chi connectivity index (χ1v) is 12.4. The molecule has 190 valence electrons. The van der Waals surface area contributed by atoms with Crippen molar-refractivity contribution in [3.8, 4) is 5.75 Å². The minimum absolute atomic E-state index is 0.129. The van der Waals surface area contributed by atoms with Crippen molar-refractivity contribution in [1.82, 2.24) is 0 Å². The molecule has 0 aliphatic carbocycles. The molecule has 38 heavy (non-hydrogen) atoms. The number of esters is 2. The molecule has 0 spiro atoms.